The quantitative estimate of drug-likeness (QED) is 0.825. The van der Waals surface area contributed by atoms with Gasteiger partial charge in [-0.25, -0.2) is 9.97 Å². The fraction of sp³-hybridized carbons (Fsp3) is 0.750. The van der Waals surface area contributed by atoms with Gasteiger partial charge in [-0.15, -0.1) is 0 Å². The Morgan fingerprint density at radius 3 is 2.40 bits per heavy atom. The van der Waals surface area contributed by atoms with Gasteiger partial charge in [-0.2, -0.15) is 0 Å². The van der Waals surface area contributed by atoms with Gasteiger partial charge >= 0.3 is 0 Å². The largest absolute Gasteiger partial charge is 0.370 e. The van der Waals surface area contributed by atoms with Crippen molar-refractivity contribution in [2.45, 2.75) is 59.3 Å². The number of hydrogen-bond acceptors (Lipinski definition) is 4. The second-order valence-corrected chi connectivity index (χ2v) is 6.34. The van der Waals surface area contributed by atoms with Crippen molar-refractivity contribution < 1.29 is 0 Å². The summed E-state index contributed by atoms with van der Waals surface area (Å²) in [6.45, 7) is 8.46. The van der Waals surface area contributed by atoms with Crippen LogP contribution in [0.4, 0.5) is 11.6 Å². The van der Waals surface area contributed by atoms with E-state index in [1.165, 1.54) is 32.1 Å². The van der Waals surface area contributed by atoms with Crippen LogP contribution in [0.2, 0.25) is 0 Å². The summed E-state index contributed by atoms with van der Waals surface area (Å²) >= 11 is 0. The zero-order valence-electron chi connectivity index (χ0n) is 13.1. The van der Waals surface area contributed by atoms with Crippen LogP contribution < -0.4 is 10.6 Å². The van der Waals surface area contributed by atoms with Crippen molar-refractivity contribution in [3.8, 4) is 0 Å². The Hall–Kier alpha value is -1.32. The van der Waals surface area contributed by atoms with E-state index in [1.54, 1.807) is 0 Å². The topological polar surface area (TPSA) is 49.8 Å². The molecule has 2 N–H and O–H groups in total. The van der Waals surface area contributed by atoms with Gasteiger partial charge in [0.2, 0.25) is 0 Å². The molecule has 1 aliphatic rings. The van der Waals surface area contributed by atoms with E-state index in [0.29, 0.717) is 5.41 Å². The first-order chi connectivity index (χ1) is 9.61. The first-order valence-electron chi connectivity index (χ1n) is 7.95. The third-order valence-electron chi connectivity index (χ3n) is 4.15. The fourth-order valence-electron chi connectivity index (χ4n) is 2.89. The van der Waals surface area contributed by atoms with Crippen molar-refractivity contribution in [3.05, 3.63) is 11.9 Å². The molecule has 20 heavy (non-hydrogen) atoms. The zero-order chi connectivity index (χ0) is 14.4. The fourth-order valence-corrected chi connectivity index (χ4v) is 2.89. The van der Waals surface area contributed by atoms with Gasteiger partial charge in [0.25, 0.3) is 0 Å². The summed E-state index contributed by atoms with van der Waals surface area (Å²) < 4.78 is 0. The number of aromatic nitrogens is 2. The minimum Gasteiger partial charge on any atom is -0.370 e. The van der Waals surface area contributed by atoms with Crippen LogP contribution in [-0.2, 0) is 0 Å². The lowest BCUT2D eigenvalue weighted by Crippen LogP contribution is -2.29. The maximum atomic E-state index is 4.50. The van der Waals surface area contributed by atoms with Crippen molar-refractivity contribution in [3.63, 3.8) is 0 Å². The number of aryl methyl sites for hydroxylation is 1. The molecule has 0 unspecified atom stereocenters. The van der Waals surface area contributed by atoms with Crippen LogP contribution in [0.25, 0.3) is 0 Å². The van der Waals surface area contributed by atoms with E-state index >= 15 is 0 Å². The Balaban J connectivity index is 1.96. The number of nitrogens with one attached hydrogen (secondary N) is 2. The maximum Gasteiger partial charge on any atom is 0.131 e. The first kappa shape index (κ1) is 15.1. The molecular weight excluding hydrogens is 248 g/mol. The lowest BCUT2D eigenvalue weighted by Gasteiger charge is -2.33. The smallest absolute Gasteiger partial charge is 0.131 e. The molecule has 1 heterocycles. The molecule has 0 amide bonds. The molecule has 112 valence electrons. The SMILES string of the molecule is CCCNc1cc(NCC2(C)CCCCC2)nc(C)n1. The number of rotatable bonds is 6. The molecule has 0 saturated heterocycles. The van der Waals surface area contributed by atoms with Gasteiger partial charge in [0.1, 0.15) is 17.5 Å². The second-order valence-electron chi connectivity index (χ2n) is 6.34. The molecule has 0 atom stereocenters. The third-order valence-corrected chi connectivity index (χ3v) is 4.15. The predicted molar refractivity (Wildman–Crippen MR) is 85.2 cm³/mol. The van der Waals surface area contributed by atoms with Crippen molar-refractivity contribution in [1.82, 2.24) is 9.97 Å². The van der Waals surface area contributed by atoms with Crippen LogP contribution in [0.5, 0.6) is 0 Å². The number of hydrogen-bond donors (Lipinski definition) is 2. The number of nitrogens with zero attached hydrogens (tertiary/aromatic N) is 2. The van der Waals surface area contributed by atoms with E-state index in [2.05, 4.69) is 34.4 Å². The lowest BCUT2D eigenvalue weighted by molar-refractivity contribution is 0.233. The highest BCUT2D eigenvalue weighted by molar-refractivity contribution is 5.47. The van der Waals surface area contributed by atoms with Crippen molar-refractivity contribution in [1.29, 1.82) is 0 Å². The van der Waals surface area contributed by atoms with Gasteiger partial charge in [0.05, 0.1) is 0 Å². The van der Waals surface area contributed by atoms with Gasteiger partial charge in [0.15, 0.2) is 0 Å². The van der Waals surface area contributed by atoms with Crippen LogP contribution in [0.15, 0.2) is 6.07 Å². The van der Waals surface area contributed by atoms with Gasteiger partial charge in [-0.1, -0.05) is 33.1 Å². The van der Waals surface area contributed by atoms with Crippen molar-refractivity contribution in [2.75, 3.05) is 23.7 Å². The summed E-state index contributed by atoms with van der Waals surface area (Å²) in [4.78, 5) is 8.92. The van der Waals surface area contributed by atoms with Crippen LogP contribution in [0, 0.1) is 12.3 Å². The molecule has 0 radical (unpaired) electrons. The van der Waals surface area contributed by atoms with E-state index < -0.39 is 0 Å². The number of anilines is 2. The van der Waals surface area contributed by atoms with Crippen LogP contribution in [0.3, 0.4) is 0 Å². The molecule has 0 bridgehead atoms. The Labute approximate surface area is 122 Å². The summed E-state index contributed by atoms with van der Waals surface area (Å²) in [5.74, 6) is 2.70. The first-order valence-corrected chi connectivity index (χ1v) is 7.95. The molecule has 1 aromatic rings. The van der Waals surface area contributed by atoms with Crippen molar-refractivity contribution in [2.24, 2.45) is 5.41 Å². The van der Waals surface area contributed by atoms with Crippen LogP contribution >= 0.6 is 0 Å². The van der Waals surface area contributed by atoms with Gasteiger partial charge in [-0.3, -0.25) is 0 Å². The van der Waals surface area contributed by atoms with E-state index in [9.17, 15) is 0 Å². The van der Waals surface area contributed by atoms with E-state index in [-0.39, 0.29) is 0 Å². The van der Waals surface area contributed by atoms with Crippen LogP contribution in [0.1, 0.15) is 58.2 Å². The minimum atomic E-state index is 0.425. The molecule has 1 saturated carbocycles. The molecule has 0 aromatic carbocycles. The Bertz CT molecular complexity index is 424. The van der Waals surface area contributed by atoms with Gasteiger partial charge < -0.3 is 10.6 Å². The van der Waals surface area contributed by atoms with E-state index in [0.717, 1.165) is 37.0 Å². The van der Waals surface area contributed by atoms with E-state index in [4.69, 9.17) is 0 Å². The lowest BCUT2D eigenvalue weighted by atomic mass is 9.76. The zero-order valence-corrected chi connectivity index (χ0v) is 13.1. The second kappa shape index (κ2) is 6.91. The van der Waals surface area contributed by atoms with Crippen LogP contribution in [-0.4, -0.2) is 23.1 Å². The summed E-state index contributed by atoms with van der Waals surface area (Å²) in [5.41, 5.74) is 0.425. The minimum absolute atomic E-state index is 0.425. The summed E-state index contributed by atoms with van der Waals surface area (Å²) in [6, 6.07) is 2.02. The molecule has 0 aliphatic heterocycles. The Morgan fingerprint density at radius 1 is 1.10 bits per heavy atom. The molecule has 4 nitrogen and oxygen atoms in total. The summed E-state index contributed by atoms with van der Waals surface area (Å²) in [6.07, 6.45) is 7.88. The van der Waals surface area contributed by atoms with Gasteiger partial charge in [-0.05, 0) is 31.6 Å². The molecule has 2 rings (SSSR count). The average Bonchev–Trinajstić information content (AvgIpc) is 2.43. The Kier molecular flexibility index (Phi) is 5.21. The molecule has 0 spiro atoms. The average molecular weight is 276 g/mol. The normalized spacial score (nSPS) is 17.8. The molecule has 1 aliphatic carbocycles. The highest BCUT2D eigenvalue weighted by atomic mass is 15.1. The van der Waals surface area contributed by atoms with Crippen molar-refractivity contribution >= 4 is 11.6 Å². The van der Waals surface area contributed by atoms with Gasteiger partial charge in [0, 0.05) is 19.2 Å². The monoisotopic (exact) mass is 276 g/mol. The predicted octanol–water partition coefficient (Wildman–Crippen LogP) is 3.99. The summed E-state index contributed by atoms with van der Waals surface area (Å²) in [5, 5.41) is 6.85. The highest BCUT2D eigenvalue weighted by Gasteiger charge is 2.26. The molecule has 4 heteroatoms. The highest BCUT2D eigenvalue weighted by Crippen LogP contribution is 2.35. The molecule has 1 fully saturated rings. The maximum absolute atomic E-state index is 4.50. The third kappa shape index (κ3) is 4.36. The van der Waals surface area contributed by atoms with E-state index in [1.807, 2.05) is 13.0 Å². The molecule has 1 aromatic heterocycles. The Morgan fingerprint density at radius 2 is 1.75 bits per heavy atom. The standard InChI is InChI=1S/C16H28N4/c1-4-10-17-14-11-15(20-13(2)19-14)18-12-16(3)8-6-5-7-9-16/h11H,4-10,12H2,1-3H3,(H2,17,18,19,20). The summed E-state index contributed by atoms with van der Waals surface area (Å²) in [7, 11) is 0. The molecular formula is C16H28N4.